The molecule has 0 saturated carbocycles. The maximum Gasteiger partial charge on any atom is 0.230 e. The SMILES string of the molecule is CC.CC(C)C.CC(C)N1C=CCC1=O. The lowest BCUT2D eigenvalue weighted by atomic mass is 10.3. The number of hydrogen-bond donors (Lipinski definition) is 0. The first-order valence-corrected chi connectivity index (χ1v) is 5.93. The fourth-order valence-corrected chi connectivity index (χ4v) is 0.916. The second kappa shape index (κ2) is 9.75. The summed E-state index contributed by atoms with van der Waals surface area (Å²) >= 11 is 0. The van der Waals surface area contributed by atoms with Gasteiger partial charge < -0.3 is 4.90 Å². The molecule has 1 rings (SSSR count). The van der Waals surface area contributed by atoms with Crippen LogP contribution >= 0.6 is 0 Å². The summed E-state index contributed by atoms with van der Waals surface area (Å²) in [6.45, 7) is 14.5. The van der Waals surface area contributed by atoms with Crippen molar-refractivity contribution >= 4 is 5.91 Å². The van der Waals surface area contributed by atoms with Gasteiger partial charge in [-0.3, -0.25) is 4.79 Å². The average Bonchev–Trinajstić information content (AvgIpc) is 2.54. The zero-order chi connectivity index (χ0) is 12.4. The number of carbonyl (C=O) groups is 1. The van der Waals surface area contributed by atoms with Crippen LogP contribution in [0, 0.1) is 5.92 Å². The highest BCUT2D eigenvalue weighted by Crippen LogP contribution is 2.09. The number of nitrogens with zero attached hydrogens (tertiary/aromatic N) is 1. The quantitative estimate of drug-likeness (QED) is 0.648. The topological polar surface area (TPSA) is 20.3 Å². The van der Waals surface area contributed by atoms with Crippen molar-refractivity contribution in [2.75, 3.05) is 0 Å². The van der Waals surface area contributed by atoms with Crippen molar-refractivity contribution in [2.45, 2.75) is 60.9 Å². The van der Waals surface area contributed by atoms with Crippen molar-refractivity contribution in [3.05, 3.63) is 12.3 Å². The molecule has 0 aliphatic carbocycles. The van der Waals surface area contributed by atoms with Crippen LogP contribution in [0.1, 0.15) is 54.9 Å². The van der Waals surface area contributed by atoms with E-state index in [0.717, 1.165) is 5.92 Å². The van der Waals surface area contributed by atoms with E-state index in [1.54, 1.807) is 4.90 Å². The standard InChI is InChI=1S/C7H11NO.C4H10.C2H6/c1-6(2)8-5-3-4-7(8)9;1-4(2)3;1-2/h3,5-6H,4H2,1-2H3;4H,1-3H3;1-2H3. The molecule has 0 aromatic heterocycles. The lowest BCUT2D eigenvalue weighted by molar-refractivity contribution is -0.127. The Morgan fingerprint density at radius 1 is 1.13 bits per heavy atom. The van der Waals surface area contributed by atoms with Crippen LogP contribution in [-0.2, 0) is 4.79 Å². The monoisotopic (exact) mass is 213 g/mol. The number of carbonyl (C=O) groups excluding carboxylic acids is 1. The van der Waals surface area contributed by atoms with Crippen molar-refractivity contribution < 1.29 is 4.79 Å². The molecule has 0 bridgehead atoms. The summed E-state index contributed by atoms with van der Waals surface area (Å²) in [5, 5.41) is 0. The van der Waals surface area contributed by atoms with Crippen LogP contribution in [0.2, 0.25) is 0 Å². The Morgan fingerprint density at radius 3 is 1.67 bits per heavy atom. The first-order chi connectivity index (χ1) is 6.95. The molecule has 2 heteroatoms. The Labute approximate surface area is 95.4 Å². The van der Waals surface area contributed by atoms with Crippen molar-refractivity contribution in [1.29, 1.82) is 0 Å². The average molecular weight is 213 g/mol. The molecule has 90 valence electrons. The number of hydrogen-bond acceptors (Lipinski definition) is 1. The number of amides is 1. The highest BCUT2D eigenvalue weighted by molar-refractivity contribution is 5.81. The zero-order valence-corrected chi connectivity index (χ0v) is 11.4. The summed E-state index contributed by atoms with van der Waals surface area (Å²) in [5.74, 6) is 1.05. The molecule has 2 nitrogen and oxygen atoms in total. The van der Waals surface area contributed by atoms with E-state index in [9.17, 15) is 4.79 Å². The molecule has 0 atom stereocenters. The molecule has 0 spiro atoms. The Balaban J connectivity index is 0. The van der Waals surface area contributed by atoms with Crippen LogP contribution in [0.15, 0.2) is 12.3 Å². The molecule has 0 radical (unpaired) electrons. The third-order valence-electron chi connectivity index (χ3n) is 1.40. The summed E-state index contributed by atoms with van der Waals surface area (Å²) in [6.07, 6.45) is 4.33. The molecule has 0 unspecified atom stereocenters. The van der Waals surface area contributed by atoms with Gasteiger partial charge in [0.1, 0.15) is 0 Å². The maximum absolute atomic E-state index is 10.9. The molecule has 0 N–H and O–H groups in total. The van der Waals surface area contributed by atoms with Gasteiger partial charge >= 0.3 is 0 Å². The van der Waals surface area contributed by atoms with Gasteiger partial charge in [0, 0.05) is 18.7 Å². The van der Waals surface area contributed by atoms with Gasteiger partial charge in [0.15, 0.2) is 0 Å². The molecule has 1 heterocycles. The molecule has 1 amide bonds. The summed E-state index contributed by atoms with van der Waals surface area (Å²) in [4.78, 5) is 12.6. The van der Waals surface area contributed by atoms with Gasteiger partial charge in [0.25, 0.3) is 0 Å². The third kappa shape index (κ3) is 9.51. The molecular formula is C13H27NO. The fraction of sp³-hybridized carbons (Fsp3) is 0.769. The molecule has 0 aromatic carbocycles. The number of rotatable bonds is 1. The fourth-order valence-electron chi connectivity index (χ4n) is 0.916. The van der Waals surface area contributed by atoms with Gasteiger partial charge in [-0.15, -0.1) is 0 Å². The van der Waals surface area contributed by atoms with Crippen LogP contribution in [0.25, 0.3) is 0 Å². The molecule has 0 fully saturated rings. The van der Waals surface area contributed by atoms with Gasteiger partial charge in [-0.1, -0.05) is 40.7 Å². The molecule has 0 saturated heterocycles. The van der Waals surface area contributed by atoms with E-state index in [2.05, 4.69) is 20.8 Å². The summed E-state index contributed by atoms with van der Waals surface area (Å²) in [6, 6.07) is 0.316. The van der Waals surface area contributed by atoms with E-state index in [0.29, 0.717) is 12.5 Å². The second-order valence-electron chi connectivity index (χ2n) is 4.22. The Hall–Kier alpha value is -0.790. The van der Waals surface area contributed by atoms with Crippen LogP contribution < -0.4 is 0 Å². The molecule has 1 aliphatic rings. The van der Waals surface area contributed by atoms with E-state index in [1.165, 1.54) is 0 Å². The molecule has 1 aliphatic heterocycles. The Kier molecular flexibility index (Phi) is 10.8. The predicted molar refractivity (Wildman–Crippen MR) is 67.6 cm³/mol. The normalized spacial score (nSPS) is 13.7. The lowest BCUT2D eigenvalue weighted by Gasteiger charge is -2.17. The summed E-state index contributed by atoms with van der Waals surface area (Å²) < 4.78 is 0. The highest BCUT2D eigenvalue weighted by Gasteiger charge is 2.16. The van der Waals surface area contributed by atoms with Gasteiger partial charge in [-0.05, 0) is 19.8 Å². The minimum atomic E-state index is 0.213. The highest BCUT2D eigenvalue weighted by atomic mass is 16.2. The second-order valence-corrected chi connectivity index (χ2v) is 4.22. The van der Waals surface area contributed by atoms with Crippen LogP contribution in [-0.4, -0.2) is 16.8 Å². The Bertz CT molecular complexity index is 180. The van der Waals surface area contributed by atoms with E-state index in [1.807, 2.05) is 40.0 Å². The molecule has 0 aromatic rings. The lowest BCUT2D eigenvalue weighted by Crippen LogP contribution is -2.27. The van der Waals surface area contributed by atoms with E-state index in [4.69, 9.17) is 0 Å². The van der Waals surface area contributed by atoms with Gasteiger partial charge in [-0.2, -0.15) is 0 Å². The van der Waals surface area contributed by atoms with Crippen LogP contribution in [0.5, 0.6) is 0 Å². The predicted octanol–water partition coefficient (Wildman–Crippen LogP) is 3.83. The summed E-state index contributed by atoms with van der Waals surface area (Å²) in [5.41, 5.74) is 0. The van der Waals surface area contributed by atoms with Crippen molar-refractivity contribution in [1.82, 2.24) is 4.90 Å². The summed E-state index contributed by atoms with van der Waals surface area (Å²) in [7, 11) is 0. The van der Waals surface area contributed by atoms with Gasteiger partial charge in [0.05, 0.1) is 0 Å². The van der Waals surface area contributed by atoms with Crippen molar-refractivity contribution in [3.63, 3.8) is 0 Å². The van der Waals surface area contributed by atoms with Crippen LogP contribution in [0.4, 0.5) is 0 Å². The van der Waals surface area contributed by atoms with E-state index in [-0.39, 0.29) is 5.91 Å². The molecular weight excluding hydrogens is 186 g/mol. The van der Waals surface area contributed by atoms with Gasteiger partial charge in [-0.25, -0.2) is 0 Å². The van der Waals surface area contributed by atoms with Gasteiger partial charge in [0.2, 0.25) is 5.91 Å². The largest absolute Gasteiger partial charge is 0.317 e. The van der Waals surface area contributed by atoms with Crippen molar-refractivity contribution in [2.24, 2.45) is 5.92 Å². The first-order valence-electron chi connectivity index (χ1n) is 5.93. The third-order valence-corrected chi connectivity index (χ3v) is 1.40. The Morgan fingerprint density at radius 2 is 1.53 bits per heavy atom. The minimum Gasteiger partial charge on any atom is -0.317 e. The van der Waals surface area contributed by atoms with E-state index >= 15 is 0 Å². The van der Waals surface area contributed by atoms with E-state index < -0.39 is 0 Å². The first kappa shape index (κ1) is 16.6. The minimum absolute atomic E-state index is 0.213. The van der Waals surface area contributed by atoms with Crippen LogP contribution in [0.3, 0.4) is 0 Å². The van der Waals surface area contributed by atoms with Crippen molar-refractivity contribution in [3.8, 4) is 0 Å². The smallest absolute Gasteiger partial charge is 0.230 e. The maximum atomic E-state index is 10.9. The zero-order valence-electron chi connectivity index (χ0n) is 11.4. The molecule has 15 heavy (non-hydrogen) atoms.